The van der Waals surface area contributed by atoms with Crippen molar-refractivity contribution in [2.24, 2.45) is 5.73 Å². The molecule has 21 heavy (non-hydrogen) atoms. The summed E-state index contributed by atoms with van der Waals surface area (Å²) in [4.78, 5) is 26.3. The van der Waals surface area contributed by atoms with Crippen LogP contribution in [0.15, 0.2) is 18.2 Å². The van der Waals surface area contributed by atoms with Crippen molar-refractivity contribution in [1.82, 2.24) is 0 Å². The second-order valence-corrected chi connectivity index (χ2v) is 6.36. The summed E-state index contributed by atoms with van der Waals surface area (Å²) >= 11 is 0. The molecule has 1 heterocycles. The second kappa shape index (κ2) is 4.86. The summed E-state index contributed by atoms with van der Waals surface area (Å²) in [6.45, 7) is 4.38. The lowest BCUT2D eigenvalue weighted by atomic mass is 9.84. The number of nitrogens with zero attached hydrogens (tertiary/aromatic N) is 1. The fourth-order valence-electron chi connectivity index (χ4n) is 3.50. The maximum Gasteiger partial charge on any atom is 0.240 e. The van der Waals surface area contributed by atoms with Gasteiger partial charge in [-0.25, -0.2) is 0 Å². The van der Waals surface area contributed by atoms with E-state index in [4.69, 9.17) is 5.73 Å². The lowest BCUT2D eigenvalue weighted by Crippen LogP contribution is -2.52. The van der Waals surface area contributed by atoms with E-state index < -0.39 is 6.04 Å². The van der Waals surface area contributed by atoms with Crippen LogP contribution in [0.2, 0.25) is 0 Å². The molecule has 0 saturated heterocycles. The molecule has 4 heteroatoms. The van der Waals surface area contributed by atoms with Gasteiger partial charge in [-0.1, -0.05) is 31.0 Å². The molecule has 1 amide bonds. The third-order valence-corrected chi connectivity index (χ3v) is 4.84. The number of nitrogens with two attached hydrogens (primary N) is 1. The van der Waals surface area contributed by atoms with E-state index in [0.717, 1.165) is 36.1 Å². The zero-order chi connectivity index (χ0) is 15.2. The van der Waals surface area contributed by atoms with Crippen molar-refractivity contribution >= 4 is 17.4 Å². The van der Waals surface area contributed by atoms with Gasteiger partial charge in [0.25, 0.3) is 0 Å². The standard InChI is InChI=1S/C17H22N2O2/c1-3-4-14(16(18)21)19-10-15(20)17(7-8-17)12-9-11(2)5-6-13(12)19/h5-6,9,14H,3-4,7-8,10H2,1-2H3,(H2,18,21). The third-order valence-electron chi connectivity index (χ3n) is 4.84. The molecule has 2 aliphatic rings. The average Bonchev–Trinajstić information content (AvgIpc) is 3.22. The van der Waals surface area contributed by atoms with Crippen LogP contribution in [0.25, 0.3) is 0 Å². The Bertz CT molecular complexity index is 605. The average molecular weight is 286 g/mol. The van der Waals surface area contributed by atoms with Crippen LogP contribution < -0.4 is 10.6 Å². The van der Waals surface area contributed by atoms with Gasteiger partial charge in [0.1, 0.15) is 6.04 Å². The van der Waals surface area contributed by atoms with Gasteiger partial charge < -0.3 is 10.6 Å². The maximum absolute atomic E-state index is 12.6. The molecule has 1 aromatic rings. The molecule has 1 saturated carbocycles. The van der Waals surface area contributed by atoms with E-state index >= 15 is 0 Å². The monoisotopic (exact) mass is 286 g/mol. The Balaban J connectivity index is 2.08. The number of anilines is 1. The molecular formula is C17H22N2O2. The number of aryl methyl sites for hydroxylation is 1. The molecular weight excluding hydrogens is 264 g/mol. The fraction of sp³-hybridized carbons (Fsp3) is 0.529. The van der Waals surface area contributed by atoms with Gasteiger partial charge in [0.05, 0.1) is 12.0 Å². The van der Waals surface area contributed by atoms with Crippen molar-refractivity contribution in [3.05, 3.63) is 29.3 Å². The van der Waals surface area contributed by atoms with Crippen LogP contribution in [0.5, 0.6) is 0 Å². The topological polar surface area (TPSA) is 63.4 Å². The van der Waals surface area contributed by atoms with Crippen LogP contribution in [0.3, 0.4) is 0 Å². The normalized spacial score (nSPS) is 20.3. The van der Waals surface area contributed by atoms with Crippen molar-refractivity contribution in [3.8, 4) is 0 Å². The van der Waals surface area contributed by atoms with E-state index in [1.807, 2.05) is 30.9 Å². The van der Waals surface area contributed by atoms with Gasteiger partial charge >= 0.3 is 0 Å². The summed E-state index contributed by atoms with van der Waals surface area (Å²) in [7, 11) is 0. The van der Waals surface area contributed by atoms with Crippen LogP contribution in [-0.2, 0) is 15.0 Å². The van der Waals surface area contributed by atoms with Gasteiger partial charge in [-0.05, 0) is 37.8 Å². The molecule has 1 atom stereocenters. The largest absolute Gasteiger partial charge is 0.368 e. The Hall–Kier alpha value is -1.84. The van der Waals surface area contributed by atoms with Crippen LogP contribution in [0.4, 0.5) is 5.69 Å². The van der Waals surface area contributed by atoms with Crippen molar-refractivity contribution in [2.75, 3.05) is 11.4 Å². The SMILES string of the molecule is CCCC(C(N)=O)N1CC(=O)C2(CC2)c2cc(C)ccc21. The molecule has 0 aromatic heterocycles. The third kappa shape index (κ3) is 2.13. The number of benzene rings is 1. The van der Waals surface area contributed by atoms with Gasteiger partial charge in [0.15, 0.2) is 5.78 Å². The number of rotatable bonds is 4. The number of fused-ring (bicyclic) bond motifs is 2. The van der Waals surface area contributed by atoms with Gasteiger partial charge in [0, 0.05) is 5.69 Å². The minimum atomic E-state index is -0.392. The van der Waals surface area contributed by atoms with E-state index in [9.17, 15) is 9.59 Å². The summed E-state index contributed by atoms with van der Waals surface area (Å²) in [5.74, 6) is -0.106. The molecule has 1 aliphatic heterocycles. The molecule has 1 aromatic carbocycles. The van der Waals surface area contributed by atoms with Gasteiger partial charge in [0.2, 0.25) is 5.91 Å². The predicted octanol–water partition coefficient (Wildman–Crippen LogP) is 2.07. The maximum atomic E-state index is 12.6. The van der Waals surface area contributed by atoms with Crippen LogP contribution >= 0.6 is 0 Å². The molecule has 1 aliphatic carbocycles. The molecule has 1 unspecified atom stereocenters. The first-order valence-corrected chi connectivity index (χ1v) is 7.70. The molecule has 0 radical (unpaired) electrons. The summed E-state index contributed by atoms with van der Waals surface area (Å²) in [5, 5.41) is 0. The number of Topliss-reactive ketones (excluding diaryl/α,β-unsaturated/α-hetero) is 1. The van der Waals surface area contributed by atoms with Gasteiger partial charge in [-0.2, -0.15) is 0 Å². The highest BCUT2D eigenvalue weighted by atomic mass is 16.2. The number of ketones is 1. The summed E-state index contributed by atoms with van der Waals surface area (Å²) in [6.07, 6.45) is 3.42. The fourth-order valence-corrected chi connectivity index (χ4v) is 3.50. The van der Waals surface area contributed by atoms with Gasteiger partial charge in [-0.15, -0.1) is 0 Å². The van der Waals surface area contributed by atoms with Crippen LogP contribution in [0.1, 0.15) is 43.7 Å². The molecule has 4 nitrogen and oxygen atoms in total. The Kier molecular flexibility index (Phi) is 3.27. The summed E-state index contributed by atoms with van der Waals surface area (Å²) in [6, 6.07) is 5.80. The molecule has 112 valence electrons. The van der Waals surface area contributed by atoms with Gasteiger partial charge in [-0.3, -0.25) is 9.59 Å². The molecule has 3 rings (SSSR count). The quantitative estimate of drug-likeness (QED) is 0.921. The van der Waals surface area contributed by atoms with Crippen molar-refractivity contribution in [1.29, 1.82) is 0 Å². The van der Waals surface area contributed by atoms with Crippen LogP contribution in [-0.4, -0.2) is 24.3 Å². The van der Waals surface area contributed by atoms with E-state index in [-0.39, 0.29) is 17.1 Å². The van der Waals surface area contributed by atoms with E-state index in [1.165, 1.54) is 0 Å². The highest BCUT2D eigenvalue weighted by molar-refractivity contribution is 6.02. The first kappa shape index (κ1) is 14.1. The van der Waals surface area contributed by atoms with Crippen molar-refractivity contribution in [2.45, 2.75) is 51.0 Å². The Morgan fingerprint density at radius 3 is 2.71 bits per heavy atom. The molecule has 2 N–H and O–H groups in total. The first-order valence-electron chi connectivity index (χ1n) is 7.70. The minimum Gasteiger partial charge on any atom is -0.368 e. The number of carbonyl (C=O) groups is 2. The number of amides is 1. The number of carbonyl (C=O) groups excluding carboxylic acids is 2. The lowest BCUT2D eigenvalue weighted by molar-refractivity contribution is -0.121. The Labute approximate surface area is 125 Å². The lowest BCUT2D eigenvalue weighted by Gasteiger charge is -2.39. The minimum absolute atomic E-state index is 0.239. The highest BCUT2D eigenvalue weighted by Gasteiger charge is 2.55. The zero-order valence-corrected chi connectivity index (χ0v) is 12.7. The highest BCUT2D eigenvalue weighted by Crippen LogP contribution is 2.55. The molecule has 1 fully saturated rings. The predicted molar refractivity (Wildman–Crippen MR) is 82.3 cm³/mol. The van der Waals surface area contributed by atoms with Crippen molar-refractivity contribution in [3.63, 3.8) is 0 Å². The van der Waals surface area contributed by atoms with E-state index in [0.29, 0.717) is 13.0 Å². The van der Waals surface area contributed by atoms with E-state index in [2.05, 4.69) is 6.07 Å². The van der Waals surface area contributed by atoms with E-state index in [1.54, 1.807) is 0 Å². The second-order valence-electron chi connectivity index (χ2n) is 6.36. The van der Waals surface area contributed by atoms with Crippen LogP contribution in [0, 0.1) is 6.92 Å². The van der Waals surface area contributed by atoms with Crippen molar-refractivity contribution < 1.29 is 9.59 Å². The summed E-state index contributed by atoms with van der Waals surface area (Å²) in [5.41, 5.74) is 8.58. The number of hydrogen-bond acceptors (Lipinski definition) is 3. The first-order chi connectivity index (χ1) is 9.99. The number of hydrogen-bond donors (Lipinski definition) is 1. The number of primary amides is 1. The summed E-state index contributed by atoms with van der Waals surface area (Å²) < 4.78 is 0. The molecule has 1 spiro atoms. The smallest absolute Gasteiger partial charge is 0.240 e. The zero-order valence-electron chi connectivity index (χ0n) is 12.7. The molecule has 0 bridgehead atoms. The Morgan fingerprint density at radius 1 is 1.43 bits per heavy atom. The Morgan fingerprint density at radius 2 is 2.14 bits per heavy atom.